The molecule has 0 aliphatic carbocycles. The van der Waals surface area contributed by atoms with Gasteiger partial charge in [-0.05, 0) is 6.07 Å². The van der Waals surface area contributed by atoms with Crippen molar-refractivity contribution in [3.05, 3.63) is 59.5 Å². The van der Waals surface area contributed by atoms with Crippen molar-refractivity contribution in [2.75, 3.05) is 13.1 Å². The fraction of sp³-hybridized carbons (Fsp3) is 0.278. The first kappa shape index (κ1) is 15.9. The van der Waals surface area contributed by atoms with Crippen molar-refractivity contribution in [3.63, 3.8) is 0 Å². The molecule has 0 N–H and O–H groups in total. The highest BCUT2D eigenvalue weighted by molar-refractivity contribution is 6.30. The number of hydrogen-bond donors (Lipinski definition) is 0. The SMILES string of the molecule is Cn1nc(-c2ccccc2)cc1C(=O)N1CC(Cn2cc(Cl)cn2)C1. The van der Waals surface area contributed by atoms with E-state index in [1.165, 1.54) is 0 Å². The van der Waals surface area contributed by atoms with Gasteiger partial charge in [0, 0.05) is 44.4 Å². The average Bonchev–Trinajstić information content (AvgIpc) is 3.16. The smallest absolute Gasteiger partial charge is 0.272 e. The second-order valence-corrected chi connectivity index (χ2v) is 6.80. The molecule has 0 saturated carbocycles. The van der Waals surface area contributed by atoms with Crippen LogP contribution in [0.15, 0.2) is 48.8 Å². The van der Waals surface area contributed by atoms with Crippen LogP contribution in [0.5, 0.6) is 0 Å². The largest absolute Gasteiger partial charge is 0.336 e. The topological polar surface area (TPSA) is 56.0 Å². The molecule has 3 heterocycles. The molecule has 1 aromatic carbocycles. The molecule has 4 rings (SSSR count). The molecule has 25 heavy (non-hydrogen) atoms. The van der Waals surface area contributed by atoms with E-state index in [0.717, 1.165) is 30.9 Å². The molecule has 0 spiro atoms. The lowest BCUT2D eigenvalue weighted by Crippen LogP contribution is -2.51. The van der Waals surface area contributed by atoms with Crippen molar-refractivity contribution in [2.24, 2.45) is 13.0 Å². The van der Waals surface area contributed by atoms with Crippen molar-refractivity contribution >= 4 is 17.5 Å². The molecule has 128 valence electrons. The second kappa shape index (κ2) is 6.37. The summed E-state index contributed by atoms with van der Waals surface area (Å²) in [7, 11) is 1.81. The van der Waals surface area contributed by atoms with Crippen LogP contribution in [0.1, 0.15) is 10.5 Å². The molecule has 3 aromatic rings. The molecule has 2 aromatic heterocycles. The monoisotopic (exact) mass is 355 g/mol. The number of hydrogen-bond acceptors (Lipinski definition) is 3. The van der Waals surface area contributed by atoms with Gasteiger partial charge < -0.3 is 4.90 Å². The van der Waals surface area contributed by atoms with Crippen LogP contribution in [0, 0.1) is 5.92 Å². The maximum atomic E-state index is 12.7. The predicted molar refractivity (Wildman–Crippen MR) is 95.3 cm³/mol. The number of aromatic nitrogens is 4. The van der Waals surface area contributed by atoms with Crippen LogP contribution in [0.25, 0.3) is 11.3 Å². The summed E-state index contributed by atoms with van der Waals surface area (Å²) in [5.41, 5.74) is 2.43. The Kier molecular flexibility index (Phi) is 4.05. The summed E-state index contributed by atoms with van der Waals surface area (Å²) in [5, 5.41) is 9.29. The zero-order valence-corrected chi connectivity index (χ0v) is 14.6. The first-order valence-electron chi connectivity index (χ1n) is 8.17. The van der Waals surface area contributed by atoms with Crippen LogP contribution < -0.4 is 0 Å². The zero-order valence-electron chi connectivity index (χ0n) is 13.8. The van der Waals surface area contributed by atoms with E-state index in [0.29, 0.717) is 16.6 Å². The molecular weight excluding hydrogens is 338 g/mol. The fourth-order valence-corrected chi connectivity index (χ4v) is 3.29. The first-order chi connectivity index (χ1) is 12.1. The zero-order chi connectivity index (χ0) is 17.4. The van der Waals surface area contributed by atoms with Crippen molar-refractivity contribution in [1.29, 1.82) is 0 Å². The van der Waals surface area contributed by atoms with Gasteiger partial charge in [0.05, 0.1) is 16.9 Å². The van der Waals surface area contributed by atoms with Gasteiger partial charge in [0.25, 0.3) is 5.91 Å². The molecule has 1 saturated heterocycles. The number of aryl methyl sites for hydroxylation is 1. The van der Waals surface area contributed by atoms with Crippen LogP contribution in [0.4, 0.5) is 0 Å². The number of benzene rings is 1. The quantitative estimate of drug-likeness (QED) is 0.723. The molecule has 0 atom stereocenters. The minimum Gasteiger partial charge on any atom is -0.336 e. The van der Waals surface area contributed by atoms with E-state index < -0.39 is 0 Å². The van der Waals surface area contributed by atoms with E-state index in [2.05, 4.69) is 10.2 Å². The van der Waals surface area contributed by atoms with Crippen LogP contribution >= 0.6 is 11.6 Å². The average molecular weight is 356 g/mol. The van der Waals surface area contributed by atoms with Crippen molar-refractivity contribution in [3.8, 4) is 11.3 Å². The van der Waals surface area contributed by atoms with E-state index >= 15 is 0 Å². The lowest BCUT2D eigenvalue weighted by molar-refractivity contribution is 0.0450. The minimum atomic E-state index is 0.0203. The van der Waals surface area contributed by atoms with Gasteiger partial charge in [-0.15, -0.1) is 0 Å². The summed E-state index contributed by atoms with van der Waals surface area (Å²) in [5.74, 6) is 0.425. The molecule has 1 fully saturated rings. The Morgan fingerprint density at radius 1 is 1.28 bits per heavy atom. The Labute approximate surface area is 150 Å². The molecule has 7 heteroatoms. The summed E-state index contributed by atoms with van der Waals surface area (Å²) in [4.78, 5) is 14.6. The van der Waals surface area contributed by atoms with Gasteiger partial charge in [0.1, 0.15) is 5.69 Å². The maximum Gasteiger partial charge on any atom is 0.272 e. The highest BCUT2D eigenvalue weighted by Crippen LogP contribution is 2.23. The van der Waals surface area contributed by atoms with Crippen molar-refractivity contribution < 1.29 is 4.79 Å². The summed E-state index contributed by atoms with van der Waals surface area (Å²) in [6.45, 7) is 2.22. The Bertz CT molecular complexity index is 895. The molecule has 1 aliphatic rings. The molecule has 0 radical (unpaired) electrons. The van der Waals surface area contributed by atoms with Gasteiger partial charge in [-0.3, -0.25) is 14.2 Å². The number of nitrogens with zero attached hydrogens (tertiary/aromatic N) is 5. The number of rotatable bonds is 4. The number of carbonyl (C=O) groups is 1. The lowest BCUT2D eigenvalue weighted by atomic mass is 9.99. The van der Waals surface area contributed by atoms with Gasteiger partial charge in [-0.1, -0.05) is 41.9 Å². The third kappa shape index (κ3) is 3.17. The maximum absolute atomic E-state index is 12.7. The normalized spacial score (nSPS) is 14.6. The molecule has 1 aliphatic heterocycles. The van der Waals surface area contributed by atoms with E-state index in [-0.39, 0.29) is 5.91 Å². The number of likely N-dealkylation sites (tertiary alicyclic amines) is 1. The molecule has 0 bridgehead atoms. The van der Waals surface area contributed by atoms with Gasteiger partial charge in [-0.25, -0.2) is 0 Å². The van der Waals surface area contributed by atoms with Gasteiger partial charge in [-0.2, -0.15) is 10.2 Å². The standard InChI is InChI=1S/C18H18ClN5O/c1-22-17(7-16(21-22)14-5-3-2-4-6-14)18(25)23-9-13(10-23)11-24-12-15(19)8-20-24/h2-8,12-13H,9-11H2,1H3. The Balaban J connectivity index is 1.42. The molecule has 0 unspecified atom stereocenters. The van der Waals surface area contributed by atoms with E-state index in [1.807, 2.05) is 53.0 Å². The van der Waals surface area contributed by atoms with Crippen LogP contribution in [-0.4, -0.2) is 43.5 Å². The van der Waals surface area contributed by atoms with Gasteiger partial charge in [0.15, 0.2) is 0 Å². The summed E-state index contributed by atoms with van der Waals surface area (Å²) in [6.07, 6.45) is 3.43. The van der Waals surface area contributed by atoms with E-state index in [9.17, 15) is 4.79 Å². The van der Waals surface area contributed by atoms with Gasteiger partial charge >= 0.3 is 0 Å². The third-order valence-corrected chi connectivity index (χ3v) is 4.66. The minimum absolute atomic E-state index is 0.0203. The Hall–Kier alpha value is -2.60. The molecule has 6 nitrogen and oxygen atoms in total. The number of halogens is 1. The highest BCUT2D eigenvalue weighted by atomic mass is 35.5. The first-order valence-corrected chi connectivity index (χ1v) is 8.54. The number of carbonyl (C=O) groups excluding carboxylic acids is 1. The fourth-order valence-electron chi connectivity index (χ4n) is 3.13. The molecular formula is C18H18ClN5O. The predicted octanol–water partition coefficient (Wildman–Crippen LogP) is 2.71. The summed E-state index contributed by atoms with van der Waals surface area (Å²) >= 11 is 5.88. The van der Waals surface area contributed by atoms with Crippen LogP contribution in [0.3, 0.4) is 0 Å². The number of amides is 1. The third-order valence-electron chi connectivity index (χ3n) is 4.46. The van der Waals surface area contributed by atoms with Crippen molar-refractivity contribution in [2.45, 2.75) is 6.54 Å². The molecule has 1 amide bonds. The summed E-state index contributed by atoms with van der Waals surface area (Å²) < 4.78 is 3.48. The highest BCUT2D eigenvalue weighted by Gasteiger charge is 2.33. The summed E-state index contributed by atoms with van der Waals surface area (Å²) in [6, 6.07) is 11.7. The van der Waals surface area contributed by atoms with E-state index in [4.69, 9.17) is 11.6 Å². The van der Waals surface area contributed by atoms with E-state index in [1.54, 1.807) is 17.1 Å². The second-order valence-electron chi connectivity index (χ2n) is 6.36. The van der Waals surface area contributed by atoms with Gasteiger partial charge in [0.2, 0.25) is 0 Å². The lowest BCUT2D eigenvalue weighted by Gasteiger charge is -2.39. The van der Waals surface area contributed by atoms with Crippen LogP contribution in [0.2, 0.25) is 5.02 Å². The van der Waals surface area contributed by atoms with Crippen LogP contribution in [-0.2, 0) is 13.6 Å². The van der Waals surface area contributed by atoms with Crippen molar-refractivity contribution in [1.82, 2.24) is 24.5 Å². The Morgan fingerprint density at radius 2 is 2.04 bits per heavy atom. The Morgan fingerprint density at radius 3 is 2.72 bits per heavy atom.